The van der Waals surface area contributed by atoms with Crippen molar-refractivity contribution >= 4 is 18.0 Å². The number of ether oxygens (including phenoxy) is 2. The second-order valence-electron chi connectivity index (χ2n) is 6.61. The average Bonchev–Trinajstić information content (AvgIpc) is 2.57. The Labute approximate surface area is 149 Å². The topological polar surface area (TPSA) is 93.7 Å². The molecule has 0 heterocycles. The summed E-state index contributed by atoms with van der Waals surface area (Å²) in [5.41, 5.74) is 0.0520. The summed E-state index contributed by atoms with van der Waals surface area (Å²) in [7, 11) is 0. The number of amides is 2. The lowest BCUT2D eigenvalue weighted by Gasteiger charge is -2.22. The molecule has 0 unspecified atom stereocenters. The Morgan fingerprint density at radius 2 is 1.72 bits per heavy atom. The quantitative estimate of drug-likeness (QED) is 0.766. The van der Waals surface area contributed by atoms with Gasteiger partial charge in [0, 0.05) is 0 Å². The van der Waals surface area contributed by atoms with Crippen LogP contribution in [0, 0.1) is 0 Å². The molecule has 1 rings (SSSR count). The molecule has 2 atom stereocenters. The van der Waals surface area contributed by atoms with E-state index in [9.17, 15) is 14.4 Å². The van der Waals surface area contributed by atoms with Crippen LogP contribution in [0.3, 0.4) is 0 Å². The maximum atomic E-state index is 12.2. The van der Waals surface area contributed by atoms with Gasteiger partial charge in [-0.1, -0.05) is 30.3 Å². The van der Waals surface area contributed by atoms with Crippen molar-refractivity contribution in [1.29, 1.82) is 0 Å². The van der Waals surface area contributed by atoms with Gasteiger partial charge in [0.25, 0.3) is 0 Å². The van der Waals surface area contributed by atoms with Crippen molar-refractivity contribution in [3.8, 4) is 0 Å². The highest BCUT2D eigenvalue weighted by Gasteiger charge is 2.24. The molecular weight excluding hydrogens is 324 g/mol. The normalized spacial score (nSPS) is 13.9. The zero-order valence-electron chi connectivity index (χ0n) is 16.2. The Bertz CT molecular complexity index is 630. The molecular formula is C18H26N2O5. The second-order valence-corrected chi connectivity index (χ2v) is 6.61. The number of carbonyl (C=O) groups is 3. The monoisotopic (exact) mass is 351 g/mol. The minimum atomic E-state index is -1.13. The molecule has 7 nitrogen and oxygen atoms in total. The Morgan fingerprint density at radius 1 is 1.12 bits per heavy atom. The van der Waals surface area contributed by atoms with E-state index in [1.54, 1.807) is 20.8 Å². The van der Waals surface area contributed by atoms with Gasteiger partial charge in [0.2, 0.25) is 5.91 Å². The van der Waals surface area contributed by atoms with Crippen LogP contribution in [0.5, 0.6) is 0 Å². The lowest BCUT2D eigenvalue weighted by molar-refractivity contribution is -0.148. The first kappa shape index (κ1) is 18.8. The third-order valence-corrected chi connectivity index (χ3v) is 3.01. The van der Waals surface area contributed by atoms with Crippen molar-refractivity contribution in [1.82, 2.24) is 10.6 Å². The molecule has 0 radical (unpaired) electrons. The largest absolute Gasteiger partial charge is 0.459 e. The number of nitrogens with one attached hydrogen (secondary N) is 2. The molecule has 1 aromatic carbocycles. The summed E-state index contributed by atoms with van der Waals surface area (Å²) < 4.78 is 17.9. The van der Waals surface area contributed by atoms with Gasteiger partial charge in [0.1, 0.15) is 24.3 Å². The summed E-state index contributed by atoms with van der Waals surface area (Å²) in [6, 6.07) is 7.10. The molecule has 1 aromatic rings. The Morgan fingerprint density at radius 3 is 2.28 bits per heavy atom. The van der Waals surface area contributed by atoms with E-state index >= 15 is 0 Å². The third-order valence-electron chi connectivity index (χ3n) is 3.01. The van der Waals surface area contributed by atoms with Crippen LogP contribution >= 0.6 is 0 Å². The SMILES string of the molecule is [2H]N(C(=O)OC(C)(C)C)[C@@H](C)C(=O)N[C@@H](C)C(=O)OCc1ccccc1. The van der Waals surface area contributed by atoms with Crippen LogP contribution in [0.2, 0.25) is 1.41 Å². The van der Waals surface area contributed by atoms with E-state index in [1.165, 1.54) is 13.8 Å². The van der Waals surface area contributed by atoms with Crippen LogP contribution in [0.25, 0.3) is 0 Å². The Balaban J connectivity index is 2.51. The molecule has 0 aromatic heterocycles. The number of hydrogen-bond donors (Lipinski definition) is 2. The van der Waals surface area contributed by atoms with E-state index in [2.05, 4.69) is 5.32 Å². The molecule has 0 aliphatic rings. The standard InChI is InChI=1S/C18H26N2O5/c1-12(20-17(23)25-18(3,4)5)15(21)19-13(2)16(22)24-11-14-9-7-6-8-10-14/h6-10,12-13H,11H2,1-5H3,(H,19,21)(H,20,23)/t12-,13-/m0/s1/i/hD. The van der Waals surface area contributed by atoms with Gasteiger partial charge in [0.05, 0.1) is 0 Å². The molecule has 2 N–H and O–H groups in total. The second kappa shape index (κ2) is 9.05. The number of benzene rings is 1. The maximum Gasteiger partial charge on any atom is 0.408 e. The number of esters is 1. The summed E-state index contributed by atoms with van der Waals surface area (Å²) in [5, 5.41) is 2.86. The van der Waals surface area contributed by atoms with Crippen molar-refractivity contribution in [2.75, 3.05) is 0 Å². The molecule has 0 saturated heterocycles. The summed E-state index contributed by atoms with van der Waals surface area (Å²) >= 11 is 0. The van der Waals surface area contributed by atoms with E-state index in [-0.39, 0.29) is 6.61 Å². The van der Waals surface area contributed by atoms with E-state index in [0.29, 0.717) is 5.31 Å². The number of alkyl carbamates (subject to hydrolysis) is 1. The fourth-order valence-electron chi connectivity index (χ4n) is 1.75. The maximum absolute atomic E-state index is 12.2. The van der Waals surface area contributed by atoms with E-state index < -0.39 is 35.7 Å². The molecule has 0 aliphatic carbocycles. The van der Waals surface area contributed by atoms with Gasteiger partial charge in [0.15, 0.2) is 1.41 Å². The van der Waals surface area contributed by atoms with Crippen LogP contribution in [-0.2, 0) is 25.7 Å². The van der Waals surface area contributed by atoms with Crippen molar-refractivity contribution in [2.24, 2.45) is 0 Å². The van der Waals surface area contributed by atoms with E-state index in [1.807, 2.05) is 30.3 Å². The Hall–Kier alpha value is -2.57. The summed E-state index contributed by atoms with van der Waals surface area (Å²) in [6.07, 6.45) is -0.945. The lowest BCUT2D eigenvalue weighted by atomic mass is 10.2. The first-order valence-electron chi connectivity index (χ1n) is 8.48. The van der Waals surface area contributed by atoms with Gasteiger partial charge in [-0.05, 0) is 40.2 Å². The molecule has 0 spiro atoms. The molecule has 2 amide bonds. The summed E-state index contributed by atoms with van der Waals surface area (Å²) in [5.74, 6) is -1.27. The van der Waals surface area contributed by atoms with Gasteiger partial charge in [-0.25, -0.2) is 9.59 Å². The lowest BCUT2D eigenvalue weighted by Crippen LogP contribution is -2.50. The molecule has 0 aliphatic heterocycles. The fourth-order valence-corrected chi connectivity index (χ4v) is 1.75. The predicted octanol–water partition coefficient (Wildman–Crippen LogP) is 2.15. The van der Waals surface area contributed by atoms with Crippen LogP contribution < -0.4 is 10.6 Å². The number of carbonyl (C=O) groups excluding carboxylic acids is 3. The van der Waals surface area contributed by atoms with Gasteiger partial charge in [-0.15, -0.1) is 0 Å². The molecule has 0 bridgehead atoms. The minimum absolute atomic E-state index is 0.0952. The van der Waals surface area contributed by atoms with Crippen LogP contribution in [0.15, 0.2) is 30.3 Å². The first-order valence-corrected chi connectivity index (χ1v) is 8.03. The first-order chi connectivity index (χ1) is 12.0. The predicted molar refractivity (Wildman–Crippen MR) is 92.7 cm³/mol. The molecule has 25 heavy (non-hydrogen) atoms. The molecule has 7 heteroatoms. The zero-order chi connectivity index (χ0) is 19.9. The minimum Gasteiger partial charge on any atom is -0.459 e. The molecule has 0 fully saturated rings. The van der Waals surface area contributed by atoms with E-state index in [4.69, 9.17) is 10.9 Å². The highest BCUT2D eigenvalue weighted by Crippen LogP contribution is 2.07. The van der Waals surface area contributed by atoms with Gasteiger partial charge < -0.3 is 20.1 Å². The molecule has 0 saturated carbocycles. The zero-order valence-corrected chi connectivity index (χ0v) is 15.2. The number of hydrogen-bond acceptors (Lipinski definition) is 5. The Kier molecular flexibility index (Phi) is 6.80. The molecule has 138 valence electrons. The van der Waals surface area contributed by atoms with Crippen LogP contribution in [0.4, 0.5) is 4.79 Å². The van der Waals surface area contributed by atoms with Crippen molar-refractivity contribution < 1.29 is 25.3 Å². The van der Waals surface area contributed by atoms with Crippen molar-refractivity contribution in [2.45, 2.75) is 58.9 Å². The smallest absolute Gasteiger partial charge is 0.408 e. The third kappa shape index (κ3) is 8.19. The van der Waals surface area contributed by atoms with Crippen LogP contribution in [-0.4, -0.2) is 35.7 Å². The fraction of sp³-hybridized carbons (Fsp3) is 0.500. The van der Waals surface area contributed by atoms with Gasteiger partial charge >= 0.3 is 12.1 Å². The van der Waals surface area contributed by atoms with E-state index in [0.717, 1.165) is 5.56 Å². The average molecular weight is 351 g/mol. The number of rotatable bonds is 6. The van der Waals surface area contributed by atoms with Gasteiger partial charge in [-0.3, -0.25) is 4.79 Å². The van der Waals surface area contributed by atoms with Crippen molar-refractivity contribution in [3.05, 3.63) is 35.9 Å². The summed E-state index contributed by atoms with van der Waals surface area (Å²) in [6.45, 7) is 7.92. The van der Waals surface area contributed by atoms with Crippen LogP contribution in [0.1, 0.15) is 40.2 Å². The van der Waals surface area contributed by atoms with Crippen molar-refractivity contribution in [3.63, 3.8) is 0 Å². The highest BCUT2D eigenvalue weighted by molar-refractivity contribution is 5.89. The highest BCUT2D eigenvalue weighted by atomic mass is 16.6. The summed E-state index contributed by atoms with van der Waals surface area (Å²) in [4.78, 5) is 36.0. The van der Waals surface area contributed by atoms with Gasteiger partial charge in [-0.2, -0.15) is 0 Å².